The molecular weight excluding hydrogens is 196 g/mol. The van der Waals surface area contributed by atoms with Crippen LogP contribution in [-0.2, 0) is 4.79 Å². The van der Waals surface area contributed by atoms with Crippen molar-refractivity contribution in [2.75, 3.05) is 27.2 Å². The molecule has 0 aromatic carbocycles. The lowest BCUT2D eigenvalue weighted by Gasteiger charge is -2.13. The molecular formula is C9H18N4O2. The number of carbonyl (C=O) groups excluding carboxylic acids is 2. The van der Waals surface area contributed by atoms with Gasteiger partial charge in [-0.05, 0) is 12.8 Å². The predicted molar refractivity (Wildman–Crippen MR) is 56.2 cm³/mol. The number of carbonyl (C=O) groups is 2. The highest BCUT2D eigenvalue weighted by Gasteiger charge is 2.45. The summed E-state index contributed by atoms with van der Waals surface area (Å²) in [4.78, 5) is 23.9. The summed E-state index contributed by atoms with van der Waals surface area (Å²) >= 11 is 0. The van der Waals surface area contributed by atoms with E-state index in [1.807, 2.05) is 0 Å². The van der Waals surface area contributed by atoms with Gasteiger partial charge in [0.05, 0.1) is 5.54 Å². The van der Waals surface area contributed by atoms with Crippen LogP contribution in [0, 0.1) is 0 Å². The van der Waals surface area contributed by atoms with Gasteiger partial charge in [-0.25, -0.2) is 4.79 Å². The number of amides is 3. The highest BCUT2D eigenvalue weighted by atomic mass is 16.2. The second kappa shape index (κ2) is 4.48. The molecule has 0 aromatic rings. The van der Waals surface area contributed by atoms with Gasteiger partial charge in [0.25, 0.3) is 0 Å². The highest BCUT2D eigenvalue weighted by Crippen LogP contribution is 2.31. The van der Waals surface area contributed by atoms with E-state index in [2.05, 4.69) is 10.6 Å². The number of hydrogen-bond donors (Lipinski definition) is 3. The summed E-state index contributed by atoms with van der Waals surface area (Å²) in [5.41, 5.74) is 5.04. The Morgan fingerprint density at radius 1 is 1.27 bits per heavy atom. The van der Waals surface area contributed by atoms with Crippen LogP contribution in [0.25, 0.3) is 0 Å². The second-order valence-electron chi connectivity index (χ2n) is 4.04. The second-order valence-corrected chi connectivity index (χ2v) is 4.04. The minimum atomic E-state index is -0.633. The third-order valence-corrected chi connectivity index (χ3v) is 2.33. The molecule has 0 unspecified atom stereocenters. The standard InChI is InChI=1S/C9H18N4O2/c1-13(2)8(15)12-6-5-11-7(14)9(10)3-4-9/h3-6,10H2,1-2H3,(H,11,14)(H,12,15). The van der Waals surface area contributed by atoms with E-state index < -0.39 is 5.54 Å². The van der Waals surface area contributed by atoms with Gasteiger partial charge >= 0.3 is 6.03 Å². The molecule has 1 rings (SSSR count). The quantitative estimate of drug-likeness (QED) is 0.517. The Labute approximate surface area is 89.2 Å². The number of nitrogens with one attached hydrogen (secondary N) is 2. The topological polar surface area (TPSA) is 87.5 Å². The van der Waals surface area contributed by atoms with E-state index in [-0.39, 0.29) is 11.9 Å². The highest BCUT2D eigenvalue weighted by molar-refractivity contribution is 5.88. The molecule has 6 heteroatoms. The van der Waals surface area contributed by atoms with Gasteiger partial charge in [-0.3, -0.25) is 4.79 Å². The minimum Gasteiger partial charge on any atom is -0.353 e. The number of rotatable bonds is 4. The third-order valence-electron chi connectivity index (χ3n) is 2.33. The molecule has 0 aliphatic heterocycles. The van der Waals surface area contributed by atoms with Crippen LogP contribution in [0.5, 0.6) is 0 Å². The molecule has 1 saturated carbocycles. The van der Waals surface area contributed by atoms with Gasteiger partial charge < -0.3 is 21.3 Å². The van der Waals surface area contributed by atoms with E-state index in [0.29, 0.717) is 13.1 Å². The van der Waals surface area contributed by atoms with Crippen LogP contribution < -0.4 is 16.4 Å². The van der Waals surface area contributed by atoms with Crippen LogP contribution >= 0.6 is 0 Å². The fourth-order valence-electron chi connectivity index (χ4n) is 1.04. The van der Waals surface area contributed by atoms with E-state index in [0.717, 1.165) is 12.8 Å². The van der Waals surface area contributed by atoms with Crippen LogP contribution in [0.15, 0.2) is 0 Å². The first-order valence-electron chi connectivity index (χ1n) is 4.98. The van der Waals surface area contributed by atoms with Crippen LogP contribution in [0.1, 0.15) is 12.8 Å². The SMILES string of the molecule is CN(C)C(=O)NCCNC(=O)C1(N)CC1. The Kier molecular flexibility index (Phi) is 3.52. The smallest absolute Gasteiger partial charge is 0.316 e. The molecule has 86 valence electrons. The molecule has 0 atom stereocenters. The van der Waals surface area contributed by atoms with Crippen molar-refractivity contribution in [2.24, 2.45) is 5.73 Å². The Balaban J connectivity index is 2.07. The maximum Gasteiger partial charge on any atom is 0.316 e. The molecule has 1 fully saturated rings. The van der Waals surface area contributed by atoms with Crippen molar-refractivity contribution < 1.29 is 9.59 Å². The Morgan fingerprint density at radius 2 is 1.80 bits per heavy atom. The zero-order valence-electron chi connectivity index (χ0n) is 9.17. The molecule has 0 aromatic heterocycles. The van der Waals surface area contributed by atoms with Crippen molar-refractivity contribution in [1.82, 2.24) is 15.5 Å². The van der Waals surface area contributed by atoms with Crippen LogP contribution in [0.2, 0.25) is 0 Å². The molecule has 6 nitrogen and oxygen atoms in total. The molecule has 3 amide bonds. The predicted octanol–water partition coefficient (Wildman–Crippen LogP) is -1.13. The van der Waals surface area contributed by atoms with Crippen LogP contribution in [0.3, 0.4) is 0 Å². The Hall–Kier alpha value is -1.30. The molecule has 1 aliphatic rings. The molecule has 0 heterocycles. The molecule has 0 saturated heterocycles. The van der Waals surface area contributed by atoms with Gasteiger partial charge in [-0.1, -0.05) is 0 Å². The maximum absolute atomic E-state index is 11.3. The largest absolute Gasteiger partial charge is 0.353 e. The van der Waals surface area contributed by atoms with Gasteiger partial charge in [0.1, 0.15) is 0 Å². The fraction of sp³-hybridized carbons (Fsp3) is 0.778. The van der Waals surface area contributed by atoms with E-state index >= 15 is 0 Å². The summed E-state index contributed by atoms with van der Waals surface area (Å²) in [5, 5.41) is 5.32. The van der Waals surface area contributed by atoms with Crippen LogP contribution in [-0.4, -0.2) is 49.6 Å². The lowest BCUT2D eigenvalue weighted by molar-refractivity contribution is -0.123. The van der Waals surface area contributed by atoms with Crippen molar-refractivity contribution in [3.63, 3.8) is 0 Å². The fourth-order valence-corrected chi connectivity index (χ4v) is 1.04. The number of nitrogens with two attached hydrogens (primary N) is 1. The Morgan fingerprint density at radius 3 is 2.27 bits per heavy atom. The molecule has 0 bridgehead atoms. The average molecular weight is 214 g/mol. The minimum absolute atomic E-state index is 0.124. The average Bonchev–Trinajstić information content (AvgIpc) is 2.91. The van der Waals surface area contributed by atoms with Gasteiger partial charge in [0.15, 0.2) is 0 Å². The van der Waals surface area contributed by atoms with Gasteiger partial charge in [0.2, 0.25) is 5.91 Å². The summed E-state index contributed by atoms with van der Waals surface area (Å²) in [7, 11) is 3.32. The molecule has 4 N–H and O–H groups in total. The number of nitrogens with zero attached hydrogens (tertiary/aromatic N) is 1. The van der Waals surface area contributed by atoms with E-state index in [1.165, 1.54) is 4.90 Å². The first-order valence-corrected chi connectivity index (χ1v) is 4.98. The van der Waals surface area contributed by atoms with Crippen LogP contribution in [0.4, 0.5) is 4.79 Å². The van der Waals surface area contributed by atoms with Crippen molar-refractivity contribution >= 4 is 11.9 Å². The van der Waals surface area contributed by atoms with E-state index in [1.54, 1.807) is 14.1 Å². The zero-order valence-corrected chi connectivity index (χ0v) is 9.17. The summed E-state index contributed by atoms with van der Waals surface area (Å²) in [6, 6.07) is -0.168. The Bertz CT molecular complexity index is 261. The molecule has 0 spiro atoms. The van der Waals surface area contributed by atoms with E-state index in [9.17, 15) is 9.59 Å². The molecule has 1 aliphatic carbocycles. The molecule has 0 radical (unpaired) electrons. The lowest BCUT2D eigenvalue weighted by Crippen LogP contribution is -2.46. The summed E-state index contributed by atoms with van der Waals surface area (Å²) in [5.74, 6) is -0.124. The van der Waals surface area contributed by atoms with Crippen molar-refractivity contribution in [1.29, 1.82) is 0 Å². The summed E-state index contributed by atoms with van der Waals surface area (Å²) in [6.07, 6.45) is 1.51. The van der Waals surface area contributed by atoms with Gasteiger partial charge in [0, 0.05) is 27.2 Å². The van der Waals surface area contributed by atoms with Crippen molar-refractivity contribution in [3.05, 3.63) is 0 Å². The monoisotopic (exact) mass is 214 g/mol. The first-order chi connectivity index (χ1) is 6.96. The van der Waals surface area contributed by atoms with Gasteiger partial charge in [-0.2, -0.15) is 0 Å². The van der Waals surface area contributed by atoms with E-state index in [4.69, 9.17) is 5.73 Å². The normalized spacial score (nSPS) is 16.7. The first kappa shape index (κ1) is 11.8. The third kappa shape index (κ3) is 3.39. The molecule has 15 heavy (non-hydrogen) atoms. The number of urea groups is 1. The van der Waals surface area contributed by atoms with Crippen molar-refractivity contribution in [2.45, 2.75) is 18.4 Å². The zero-order chi connectivity index (χ0) is 11.5. The van der Waals surface area contributed by atoms with Crippen molar-refractivity contribution in [3.8, 4) is 0 Å². The maximum atomic E-state index is 11.3. The lowest BCUT2D eigenvalue weighted by atomic mass is 10.3. The number of hydrogen-bond acceptors (Lipinski definition) is 3. The summed E-state index contributed by atoms with van der Waals surface area (Å²) < 4.78 is 0. The summed E-state index contributed by atoms with van der Waals surface area (Å²) in [6.45, 7) is 0.830. The van der Waals surface area contributed by atoms with Gasteiger partial charge in [-0.15, -0.1) is 0 Å².